The summed E-state index contributed by atoms with van der Waals surface area (Å²) < 4.78 is 20.1. The van der Waals surface area contributed by atoms with Crippen molar-refractivity contribution in [2.45, 2.75) is 13.8 Å². The Kier molecular flexibility index (Phi) is 5.81. The molecule has 1 aliphatic rings. The fourth-order valence-corrected chi connectivity index (χ4v) is 3.68. The highest BCUT2D eigenvalue weighted by molar-refractivity contribution is 6.06. The molecule has 1 saturated heterocycles. The summed E-state index contributed by atoms with van der Waals surface area (Å²) in [5, 5.41) is 7.30. The van der Waals surface area contributed by atoms with E-state index in [0.717, 1.165) is 0 Å². The maximum atomic E-state index is 13.2. The molecule has 8 heteroatoms. The molecule has 1 N–H and O–H groups in total. The summed E-state index contributed by atoms with van der Waals surface area (Å²) in [6, 6.07) is 12.8. The Morgan fingerprint density at radius 3 is 2.48 bits per heavy atom. The van der Waals surface area contributed by atoms with Gasteiger partial charge in [0.2, 0.25) is 0 Å². The van der Waals surface area contributed by atoms with E-state index < -0.39 is 0 Å². The van der Waals surface area contributed by atoms with E-state index >= 15 is 0 Å². The number of anilines is 1. The average molecular weight is 422 g/mol. The maximum absolute atomic E-state index is 13.2. The summed E-state index contributed by atoms with van der Waals surface area (Å²) in [7, 11) is 0. The second-order valence-corrected chi connectivity index (χ2v) is 7.37. The highest BCUT2D eigenvalue weighted by atomic mass is 19.1. The van der Waals surface area contributed by atoms with Crippen LogP contribution < -0.4 is 5.32 Å². The fraction of sp³-hybridized carbons (Fsp3) is 0.261. The molecule has 0 aliphatic carbocycles. The van der Waals surface area contributed by atoms with Crippen molar-refractivity contribution in [2.75, 3.05) is 31.6 Å². The zero-order valence-electron chi connectivity index (χ0n) is 17.4. The van der Waals surface area contributed by atoms with Crippen LogP contribution in [0.5, 0.6) is 0 Å². The third kappa shape index (κ3) is 4.34. The summed E-state index contributed by atoms with van der Waals surface area (Å²) >= 11 is 0. The molecule has 31 heavy (non-hydrogen) atoms. The number of amides is 2. The van der Waals surface area contributed by atoms with E-state index in [-0.39, 0.29) is 17.6 Å². The van der Waals surface area contributed by atoms with Gasteiger partial charge in [-0.1, -0.05) is 6.07 Å². The lowest BCUT2D eigenvalue weighted by atomic mass is 10.1. The third-order valence-corrected chi connectivity index (χ3v) is 5.26. The van der Waals surface area contributed by atoms with Gasteiger partial charge >= 0.3 is 0 Å². The van der Waals surface area contributed by atoms with Gasteiger partial charge in [-0.15, -0.1) is 0 Å². The maximum Gasteiger partial charge on any atom is 0.259 e. The number of halogens is 1. The van der Waals surface area contributed by atoms with E-state index in [0.29, 0.717) is 60.2 Å². The Balaban J connectivity index is 1.55. The molecule has 0 radical (unpaired) electrons. The Bertz CT molecular complexity index is 1120. The second-order valence-electron chi connectivity index (χ2n) is 7.37. The molecule has 0 saturated carbocycles. The summed E-state index contributed by atoms with van der Waals surface area (Å²) in [6.07, 6.45) is 0. The number of nitrogens with zero attached hydrogens (tertiary/aromatic N) is 3. The van der Waals surface area contributed by atoms with Crippen molar-refractivity contribution in [3.05, 3.63) is 76.9 Å². The van der Waals surface area contributed by atoms with Crippen LogP contribution in [0.4, 0.5) is 10.1 Å². The van der Waals surface area contributed by atoms with Gasteiger partial charge in [0.1, 0.15) is 5.82 Å². The van der Waals surface area contributed by atoms with E-state index in [1.165, 1.54) is 12.1 Å². The normalized spacial score (nSPS) is 13.8. The molecule has 2 aromatic carbocycles. The molecule has 160 valence electrons. The highest BCUT2D eigenvalue weighted by Gasteiger charge is 2.21. The van der Waals surface area contributed by atoms with Gasteiger partial charge in [-0.3, -0.25) is 9.59 Å². The number of nitrogens with one attached hydrogen (secondary N) is 1. The lowest BCUT2D eigenvalue weighted by molar-refractivity contribution is 0.0303. The molecule has 1 aromatic heterocycles. The van der Waals surface area contributed by atoms with E-state index in [1.54, 1.807) is 59.8 Å². The van der Waals surface area contributed by atoms with Crippen LogP contribution >= 0.6 is 0 Å². The molecule has 1 aliphatic heterocycles. The lowest BCUT2D eigenvalue weighted by Crippen LogP contribution is -2.40. The largest absolute Gasteiger partial charge is 0.378 e. The zero-order valence-corrected chi connectivity index (χ0v) is 17.4. The SMILES string of the molecule is Cc1nn(-c2ccc(F)cc2)c(C)c1C(=O)Nc1cccc(C(=O)N2CCOCC2)c1. The van der Waals surface area contributed by atoms with E-state index in [9.17, 15) is 14.0 Å². The smallest absolute Gasteiger partial charge is 0.259 e. The number of carbonyl (C=O) groups excluding carboxylic acids is 2. The number of rotatable bonds is 4. The molecule has 0 unspecified atom stereocenters. The molecule has 0 bridgehead atoms. The summed E-state index contributed by atoms with van der Waals surface area (Å²) in [5.41, 5.74) is 3.34. The van der Waals surface area contributed by atoms with Crippen LogP contribution in [-0.4, -0.2) is 52.8 Å². The van der Waals surface area contributed by atoms with Gasteiger partial charge in [0, 0.05) is 24.3 Å². The van der Waals surface area contributed by atoms with Crippen LogP contribution in [0.3, 0.4) is 0 Å². The van der Waals surface area contributed by atoms with E-state index in [2.05, 4.69) is 10.4 Å². The highest BCUT2D eigenvalue weighted by Crippen LogP contribution is 2.21. The number of aromatic nitrogens is 2. The Labute approximate surface area is 179 Å². The predicted molar refractivity (Wildman–Crippen MR) is 114 cm³/mol. The minimum absolute atomic E-state index is 0.0871. The molecule has 1 fully saturated rings. The lowest BCUT2D eigenvalue weighted by Gasteiger charge is -2.27. The van der Waals surface area contributed by atoms with Crippen LogP contribution in [-0.2, 0) is 4.74 Å². The molecule has 3 aromatic rings. The van der Waals surface area contributed by atoms with Crippen LogP contribution in [0.15, 0.2) is 48.5 Å². The third-order valence-electron chi connectivity index (χ3n) is 5.26. The molecule has 2 amide bonds. The van der Waals surface area contributed by atoms with Crippen molar-refractivity contribution in [2.24, 2.45) is 0 Å². The summed E-state index contributed by atoms with van der Waals surface area (Å²) in [4.78, 5) is 27.5. The van der Waals surface area contributed by atoms with Gasteiger partial charge in [-0.2, -0.15) is 5.10 Å². The van der Waals surface area contributed by atoms with Gasteiger partial charge in [0.05, 0.1) is 35.9 Å². The van der Waals surface area contributed by atoms with Crippen molar-refractivity contribution >= 4 is 17.5 Å². The molecule has 4 rings (SSSR count). The Morgan fingerprint density at radius 2 is 1.77 bits per heavy atom. The number of benzene rings is 2. The Morgan fingerprint density at radius 1 is 1.06 bits per heavy atom. The number of aryl methyl sites for hydroxylation is 1. The van der Waals surface area contributed by atoms with Crippen molar-refractivity contribution in [3.63, 3.8) is 0 Å². The first-order chi connectivity index (χ1) is 14.9. The topological polar surface area (TPSA) is 76.5 Å². The zero-order chi connectivity index (χ0) is 22.0. The molecule has 7 nitrogen and oxygen atoms in total. The number of carbonyl (C=O) groups is 2. The van der Waals surface area contributed by atoms with Crippen molar-refractivity contribution in [3.8, 4) is 5.69 Å². The first-order valence-electron chi connectivity index (χ1n) is 10.0. The number of ether oxygens (including phenoxy) is 1. The molecule has 2 heterocycles. The minimum atomic E-state index is -0.338. The summed E-state index contributed by atoms with van der Waals surface area (Å²) in [6.45, 7) is 5.70. The average Bonchev–Trinajstić information content (AvgIpc) is 3.08. The number of morpholine rings is 1. The number of hydrogen-bond donors (Lipinski definition) is 1. The fourth-order valence-electron chi connectivity index (χ4n) is 3.68. The quantitative estimate of drug-likeness (QED) is 0.700. The van der Waals surface area contributed by atoms with Crippen molar-refractivity contribution < 1.29 is 18.7 Å². The van der Waals surface area contributed by atoms with Crippen molar-refractivity contribution in [1.29, 1.82) is 0 Å². The van der Waals surface area contributed by atoms with E-state index in [4.69, 9.17) is 4.74 Å². The Hall–Kier alpha value is -3.52. The van der Waals surface area contributed by atoms with Crippen LogP contribution in [0.2, 0.25) is 0 Å². The van der Waals surface area contributed by atoms with Crippen molar-refractivity contribution in [1.82, 2.24) is 14.7 Å². The number of hydrogen-bond acceptors (Lipinski definition) is 4. The van der Waals surface area contributed by atoms with E-state index in [1.807, 2.05) is 0 Å². The van der Waals surface area contributed by atoms with Gasteiger partial charge in [0.15, 0.2) is 0 Å². The van der Waals surface area contributed by atoms with Gasteiger partial charge in [-0.25, -0.2) is 9.07 Å². The van der Waals surface area contributed by atoms with Gasteiger partial charge in [-0.05, 0) is 56.3 Å². The molecule has 0 spiro atoms. The monoisotopic (exact) mass is 422 g/mol. The molecule has 0 atom stereocenters. The predicted octanol–water partition coefficient (Wildman–Crippen LogP) is 3.35. The standard InChI is InChI=1S/C23H23FN4O3/c1-15-21(16(2)28(26-15)20-8-6-18(24)7-9-20)22(29)25-19-5-3-4-17(14-19)23(30)27-10-12-31-13-11-27/h3-9,14H,10-13H2,1-2H3,(H,25,29). The first kappa shape index (κ1) is 20.7. The minimum Gasteiger partial charge on any atom is -0.378 e. The summed E-state index contributed by atoms with van der Waals surface area (Å²) in [5.74, 6) is -0.745. The second kappa shape index (κ2) is 8.69. The van der Waals surface area contributed by atoms with Crippen LogP contribution in [0.25, 0.3) is 5.69 Å². The molecular formula is C23H23FN4O3. The van der Waals surface area contributed by atoms with Crippen LogP contribution in [0, 0.1) is 19.7 Å². The van der Waals surface area contributed by atoms with Gasteiger partial charge in [0.25, 0.3) is 11.8 Å². The van der Waals surface area contributed by atoms with Gasteiger partial charge < -0.3 is 15.0 Å². The first-order valence-corrected chi connectivity index (χ1v) is 10.0. The molecular weight excluding hydrogens is 399 g/mol. The van der Waals surface area contributed by atoms with Crippen LogP contribution in [0.1, 0.15) is 32.1 Å².